The molecule has 0 saturated heterocycles. The highest BCUT2D eigenvalue weighted by Crippen LogP contribution is 2.33. The summed E-state index contributed by atoms with van der Waals surface area (Å²) in [5, 5.41) is 3.18. The van der Waals surface area contributed by atoms with E-state index in [2.05, 4.69) is 10.3 Å². The first-order chi connectivity index (χ1) is 11.5. The summed E-state index contributed by atoms with van der Waals surface area (Å²) in [7, 11) is 0. The Balaban J connectivity index is 1.78. The van der Waals surface area contributed by atoms with Crippen molar-refractivity contribution >= 4 is 39.3 Å². The van der Waals surface area contributed by atoms with Gasteiger partial charge in [-0.05, 0) is 31.5 Å². The van der Waals surface area contributed by atoms with Gasteiger partial charge in [0.25, 0.3) is 0 Å². The van der Waals surface area contributed by atoms with Gasteiger partial charge in [0.05, 0.1) is 5.56 Å². The number of oxazole rings is 1. The highest BCUT2D eigenvalue weighted by Gasteiger charge is 2.22. The second kappa shape index (κ2) is 6.45. The molecule has 0 unspecified atom stereocenters. The standard InChI is InChI=1S/C17H16N2O4S/c1-9-10(2)24-16(18-11(3)20)15(9)17(21)22-8-14-19-12-6-4-5-7-13(12)23-14/h4-7H,8H2,1-3H3,(H,18,20). The SMILES string of the molecule is CC(=O)Nc1sc(C)c(C)c1C(=O)OCc1nc2ccccc2o1. The van der Waals surface area contributed by atoms with Crippen molar-refractivity contribution in [1.29, 1.82) is 0 Å². The number of amides is 1. The Morgan fingerprint density at radius 3 is 2.75 bits per heavy atom. The van der Waals surface area contributed by atoms with Gasteiger partial charge in [0.1, 0.15) is 10.5 Å². The van der Waals surface area contributed by atoms with Crippen molar-refractivity contribution in [3.8, 4) is 0 Å². The van der Waals surface area contributed by atoms with E-state index in [1.807, 2.05) is 32.0 Å². The van der Waals surface area contributed by atoms with E-state index in [0.717, 1.165) is 10.4 Å². The van der Waals surface area contributed by atoms with Crippen molar-refractivity contribution in [1.82, 2.24) is 4.98 Å². The monoisotopic (exact) mass is 344 g/mol. The number of anilines is 1. The number of ether oxygens (including phenoxy) is 1. The maximum atomic E-state index is 12.4. The number of aryl methyl sites for hydroxylation is 1. The third-order valence-electron chi connectivity index (χ3n) is 3.54. The van der Waals surface area contributed by atoms with Gasteiger partial charge in [0.2, 0.25) is 11.8 Å². The fourth-order valence-corrected chi connectivity index (χ4v) is 3.40. The lowest BCUT2D eigenvalue weighted by Gasteiger charge is -2.05. The van der Waals surface area contributed by atoms with E-state index in [9.17, 15) is 9.59 Å². The van der Waals surface area contributed by atoms with Gasteiger partial charge in [0, 0.05) is 11.8 Å². The Bertz CT molecular complexity index is 893. The first-order valence-corrected chi connectivity index (χ1v) is 8.16. The molecule has 3 rings (SSSR count). The molecule has 24 heavy (non-hydrogen) atoms. The largest absolute Gasteiger partial charge is 0.452 e. The van der Waals surface area contributed by atoms with Crippen molar-refractivity contribution in [2.75, 3.05) is 5.32 Å². The molecule has 0 aliphatic rings. The van der Waals surface area contributed by atoms with Gasteiger partial charge in [-0.3, -0.25) is 4.79 Å². The minimum absolute atomic E-state index is 0.0681. The van der Waals surface area contributed by atoms with E-state index in [0.29, 0.717) is 27.6 Å². The van der Waals surface area contributed by atoms with Gasteiger partial charge >= 0.3 is 5.97 Å². The molecule has 1 amide bonds. The normalized spacial score (nSPS) is 10.8. The van der Waals surface area contributed by atoms with Crippen LogP contribution in [0.15, 0.2) is 28.7 Å². The van der Waals surface area contributed by atoms with Crippen LogP contribution in [0.2, 0.25) is 0 Å². The predicted molar refractivity (Wildman–Crippen MR) is 91.2 cm³/mol. The summed E-state index contributed by atoms with van der Waals surface area (Å²) in [4.78, 5) is 29.0. The fraction of sp³-hybridized carbons (Fsp3) is 0.235. The van der Waals surface area contributed by atoms with Crippen LogP contribution < -0.4 is 5.32 Å². The molecule has 0 radical (unpaired) electrons. The Morgan fingerprint density at radius 1 is 1.29 bits per heavy atom. The molecule has 2 aromatic heterocycles. The molecule has 1 aromatic carbocycles. The van der Waals surface area contributed by atoms with Gasteiger partial charge < -0.3 is 14.5 Å². The van der Waals surface area contributed by atoms with E-state index in [1.165, 1.54) is 18.3 Å². The number of hydrogen-bond acceptors (Lipinski definition) is 6. The minimum atomic E-state index is -0.511. The van der Waals surface area contributed by atoms with E-state index < -0.39 is 5.97 Å². The number of nitrogens with one attached hydrogen (secondary N) is 1. The summed E-state index contributed by atoms with van der Waals surface area (Å²) in [6.07, 6.45) is 0. The van der Waals surface area contributed by atoms with Gasteiger partial charge in [-0.15, -0.1) is 11.3 Å². The van der Waals surface area contributed by atoms with Gasteiger partial charge in [0.15, 0.2) is 12.2 Å². The van der Waals surface area contributed by atoms with Gasteiger partial charge in [-0.1, -0.05) is 12.1 Å². The lowest BCUT2D eigenvalue weighted by atomic mass is 10.1. The van der Waals surface area contributed by atoms with Gasteiger partial charge in [-0.25, -0.2) is 9.78 Å². The number of rotatable bonds is 4. The smallest absolute Gasteiger partial charge is 0.341 e. The Hall–Kier alpha value is -2.67. The molecule has 7 heteroatoms. The molecule has 124 valence electrons. The molecule has 0 bridgehead atoms. The van der Waals surface area contributed by atoms with Crippen molar-refractivity contribution in [2.45, 2.75) is 27.4 Å². The number of nitrogens with zero attached hydrogens (tertiary/aromatic N) is 1. The highest BCUT2D eigenvalue weighted by molar-refractivity contribution is 7.16. The number of carbonyl (C=O) groups is 2. The van der Waals surface area contributed by atoms with Crippen LogP contribution in [0, 0.1) is 13.8 Å². The summed E-state index contributed by atoms with van der Waals surface area (Å²) < 4.78 is 10.8. The van der Waals surface area contributed by atoms with E-state index in [1.54, 1.807) is 6.07 Å². The van der Waals surface area contributed by atoms with Crippen LogP contribution >= 0.6 is 11.3 Å². The summed E-state index contributed by atoms with van der Waals surface area (Å²) in [6.45, 7) is 5.05. The second-order valence-electron chi connectivity index (χ2n) is 5.32. The Kier molecular flexibility index (Phi) is 4.35. The van der Waals surface area contributed by atoms with Crippen LogP contribution in [0.5, 0.6) is 0 Å². The maximum absolute atomic E-state index is 12.4. The highest BCUT2D eigenvalue weighted by atomic mass is 32.1. The van der Waals surface area contributed by atoms with Crippen molar-refractivity contribution in [3.63, 3.8) is 0 Å². The predicted octanol–water partition coefficient (Wildman–Crippen LogP) is 3.82. The lowest BCUT2D eigenvalue weighted by molar-refractivity contribution is -0.114. The van der Waals surface area contributed by atoms with Gasteiger partial charge in [-0.2, -0.15) is 0 Å². The second-order valence-corrected chi connectivity index (χ2v) is 6.54. The Labute approximate surface area is 142 Å². The molecular weight excluding hydrogens is 328 g/mol. The van der Waals surface area contributed by atoms with Crippen LogP contribution in [0.3, 0.4) is 0 Å². The third kappa shape index (κ3) is 3.16. The molecule has 2 heterocycles. The molecule has 6 nitrogen and oxygen atoms in total. The maximum Gasteiger partial charge on any atom is 0.341 e. The van der Waals surface area contributed by atoms with Crippen LogP contribution in [-0.2, 0) is 16.1 Å². The van der Waals surface area contributed by atoms with Crippen LogP contribution in [-0.4, -0.2) is 16.9 Å². The molecule has 3 aromatic rings. The van der Waals surface area contributed by atoms with Crippen LogP contribution in [0.25, 0.3) is 11.1 Å². The Morgan fingerprint density at radius 2 is 2.04 bits per heavy atom. The summed E-state index contributed by atoms with van der Waals surface area (Å²) in [6, 6.07) is 7.33. The summed E-state index contributed by atoms with van der Waals surface area (Å²) in [5.74, 6) is -0.415. The molecule has 0 spiro atoms. The molecular formula is C17H16N2O4S. The number of carbonyl (C=O) groups excluding carboxylic acids is 2. The minimum Gasteiger partial charge on any atom is -0.452 e. The van der Waals surface area contributed by atoms with E-state index >= 15 is 0 Å². The van der Waals surface area contributed by atoms with Crippen molar-refractivity contribution in [3.05, 3.63) is 46.2 Å². The number of aromatic nitrogens is 1. The molecule has 0 saturated carbocycles. The number of thiophene rings is 1. The first kappa shape index (κ1) is 16.2. The van der Waals surface area contributed by atoms with Crippen LogP contribution in [0.4, 0.5) is 5.00 Å². The number of esters is 1. The molecule has 0 atom stereocenters. The number of benzene rings is 1. The zero-order valence-corrected chi connectivity index (χ0v) is 14.3. The van der Waals surface area contributed by atoms with Crippen molar-refractivity contribution in [2.24, 2.45) is 0 Å². The first-order valence-electron chi connectivity index (χ1n) is 7.35. The van der Waals surface area contributed by atoms with Crippen LogP contribution in [0.1, 0.15) is 33.6 Å². The fourth-order valence-electron chi connectivity index (χ4n) is 2.30. The zero-order chi connectivity index (χ0) is 17.3. The van der Waals surface area contributed by atoms with E-state index in [4.69, 9.17) is 9.15 Å². The quantitative estimate of drug-likeness (QED) is 0.728. The molecule has 1 N–H and O–H groups in total. The number of hydrogen-bond donors (Lipinski definition) is 1. The molecule has 0 aliphatic carbocycles. The van der Waals surface area contributed by atoms with E-state index in [-0.39, 0.29) is 12.5 Å². The third-order valence-corrected chi connectivity index (χ3v) is 4.67. The molecule has 0 aliphatic heterocycles. The zero-order valence-electron chi connectivity index (χ0n) is 13.5. The topological polar surface area (TPSA) is 81.4 Å². The number of para-hydroxylation sites is 2. The average Bonchev–Trinajstić information content (AvgIpc) is 3.06. The summed E-state index contributed by atoms with van der Waals surface area (Å²) in [5.41, 5.74) is 2.53. The molecule has 0 fully saturated rings. The summed E-state index contributed by atoms with van der Waals surface area (Å²) >= 11 is 1.35. The number of fused-ring (bicyclic) bond motifs is 1. The average molecular weight is 344 g/mol. The van der Waals surface area contributed by atoms with Crippen molar-refractivity contribution < 1.29 is 18.7 Å². The lowest BCUT2D eigenvalue weighted by Crippen LogP contribution is -2.12.